The number of nitrogens with one attached hydrogen (secondary N) is 1. The molecule has 1 unspecified atom stereocenters. The molecule has 1 aromatic rings. The largest absolute Gasteiger partial charge is 0.489 e. The highest BCUT2D eigenvalue weighted by Crippen LogP contribution is 2.42. The Labute approximate surface area is 160 Å². The van der Waals surface area contributed by atoms with Crippen LogP contribution in [0.4, 0.5) is 5.69 Å². The molecule has 3 N–H and O–H groups in total. The van der Waals surface area contributed by atoms with E-state index in [1.165, 1.54) is 38.8 Å². The zero-order valence-corrected chi connectivity index (χ0v) is 16.2. The molecule has 6 heteroatoms. The summed E-state index contributed by atoms with van der Waals surface area (Å²) in [5.41, 5.74) is 8.37. The summed E-state index contributed by atoms with van der Waals surface area (Å²) in [4.78, 5) is 15.4. The third-order valence-corrected chi connectivity index (χ3v) is 6.79. The molecule has 1 atom stereocenters. The zero-order valence-electron chi connectivity index (χ0n) is 15.4. The first-order valence-corrected chi connectivity index (χ1v) is 10.2. The van der Waals surface area contributed by atoms with Gasteiger partial charge in [0.15, 0.2) is 0 Å². The lowest BCUT2D eigenvalue weighted by Gasteiger charge is -2.32. The normalized spacial score (nSPS) is 23.5. The van der Waals surface area contributed by atoms with E-state index in [2.05, 4.69) is 17.1 Å². The van der Waals surface area contributed by atoms with Crippen molar-refractivity contribution in [2.45, 2.75) is 63.5 Å². The Morgan fingerprint density at radius 1 is 1.42 bits per heavy atom. The number of anilines is 1. The van der Waals surface area contributed by atoms with E-state index in [-0.39, 0.29) is 12.0 Å². The first-order chi connectivity index (χ1) is 12.5. The molecule has 0 bridgehead atoms. The molecule has 142 valence electrons. The van der Waals surface area contributed by atoms with E-state index < -0.39 is 0 Å². The van der Waals surface area contributed by atoms with Crippen LogP contribution in [-0.2, 0) is 6.42 Å². The number of nitrogens with zero attached hydrogens (tertiary/aromatic N) is 1. The van der Waals surface area contributed by atoms with Crippen LogP contribution < -0.4 is 15.8 Å². The van der Waals surface area contributed by atoms with Gasteiger partial charge in [0.2, 0.25) is 0 Å². The van der Waals surface area contributed by atoms with Gasteiger partial charge in [0.25, 0.3) is 5.91 Å². The maximum atomic E-state index is 12.8. The van der Waals surface area contributed by atoms with Crippen molar-refractivity contribution in [1.82, 2.24) is 10.2 Å². The minimum Gasteiger partial charge on any atom is -0.489 e. The second kappa shape index (κ2) is 6.93. The van der Waals surface area contributed by atoms with Crippen LogP contribution in [0.25, 0.3) is 0 Å². The first kappa shape index (κ1) is 17.9. The maximum absolute atomic E-state index is 12.8. The monoisotopic (exact) mass is 377 g/mol. The van der Waals surface area contributed by atoms with Gasteiger partial charge in [0, 0.05) is 24.1 Å². The van der Waals surface area contributed by atoms with Crippen LogP contribution in [0.15, 0.2) is 6.07 Å². The van der Waals surface area contributed by atoms with Crippen molar-refractivity contribution in [1.29, 1.82) is 0 Å². The number of benzene rings is 1. The number of amides is 1. The second-order valence-corrected chi connectivity index (χ2v) is 8.31. The van der Waals surface area contributed by atoms with Crippen LogP contribution in [0.3, 0.4) is 0 Å². The third kappa shape index (κ3) is 2.95. The van der Waals surface area contributed by atoms with Crippen LogP contribution >= 0.6 is 11.6 Å². The fourth-order valence-electron chi connectivity index (χ4n) is 5.01. The van der Waals surface area contributed by atoms with Crippen LogP contribution in [0.5, 0.6) is 5.75 Å². The van der Waals surface area contributed by atoms with Gasteiger partial charge >= 0.3 is 0 Å². The Kier molecular flexibility index (Phi) is 4.78. The molecule has 0 aliphatic carbocycles. The molecule has 3 aliphatic rings. The molecule has 0 saturated carbocycles. The molecule has 0 spiro atoms. The van der Waals surface area contributed by atoms with E-state index in [0.717, 1.165) is 24.8 Å². The highest BCUT2D eigenvalue weighted by molar-refractivity contribution is 6.33. The van der Waals surface area contributed by atoms with Gasteiger partial charge in [-0.2, -0.15) is 0 Å². The minimum absolute atomic E-state index is 0.0711. The highest BCUT2D eigenvalue weighted by atomic mass is 35.5. The summed E-state index contributed by atoms with van der Waals surface area (Å²) in [6, 6.07) is 1.65. The fraction of sp³-hybridized carbons (Fsp3) is 0.650. The first-order valence-electron chi connectivity index (χ1n) is 9.85. The van der Waals surface area contributed by atoms with Crippen molar-refractivity contribution < 1.29 is 9.53 Å². The molecular formula is C20H28ClN3O2. The van der Waals surface area contributed by atoms with Gasteiger partial charge in [-0.3, -0.25) is 9.69 Å². The summed E-state index contributed by atoms with van der Waals surface area (Å²) < 4.78 is 5.98. The summed E-state index contributed by atoms with van der Waals surface area (Å²) in [5.74, 6) is 0.511. The average Bonchev–Trinajstić information content (AvgIpc) is 3.31. The Hall–Kier alpha value is -1.46. The van der Waals surface area contributed by atoms with Gasteiger partial charge in [-0.05, 0) is 57.7 Å². The van der Waals surface area contributed by atoms with Gasteiger partial charge in [-0.1, -0.05) is 18.5 Å². The molecular weight excluding hydrogens is 350 g/mol. The fourth-order valence-corrected chi connectivity index (χ4v) is 5.23. The molecule has 5 nitrogen and oxygen atoms in total. The van der Waals surface area contributed by atoms with Crippen molar-refractivity contribution in [2.75, 3.05) is 25.4 Å². The molecule has 4 rings (SSSR count). The molecule has 0 aromatic heterocycles. The standard InChI is InChI=1S/C20H28ClN3O2/c1-2-13-11-14-17(22)16(21)12-15(18(14)26-13)19(25)23-8-7-20-5-3-9-24(20)10-4-6-20/h12-13H,2-11,22H2,1H3,(H,23,25). The van der Waals surface area contributed by atoms with Gasteiger partial charge in [0.05, 0.1) is 16.3 Å². The average molecular weight is 378 g/mol. The lowest BCUT2D eigenvalue weighted by molar-refractivity contribution is 0.0937. The third-order valence-electron chi connectivity index (χ3n) is 6.48. The van der Waals surface area contributed by atoms with Crippen LogP contribution in [0, 0.1) is 0 Å². The summed E-state index contributed by atoms with van der Waals surface area (Å²) in [6.07, 6.45) is 7.76. The number of nitrogen functional groups attached to an aromatic ring is 1. The zero-order chi connectivity index (χ0) is 18.3. The van der Waals surface area contributed by atoms with Crippen molar-refractivity contribution in [3.8, 4) is 5.75 Å². The highest BCUT2D eigenvalue weighted by Gasteiger charge is 2.43. The van der Waals surface area contributed by atoms with Crippen molar-refractivity contribution in [2.24, 2.45) is 0 Å². The van der Waals surface area contributed by atoms with E-state index in [0.29, 0.717) is 34.1 Å². The number of nitrogens with two attached hydrogens (primary N) is 1. The van der Waals surface area contributed by atoms with Crippen LogP contribution in [0.1, 0.15) is 61.4 Å². The maximum Gasteiger partial charge on any atom is 0.255 e. The summed E-state index contributed by atoms with van der Waals surface area (Å²) >= 11 is 6.27. The molecule has 2 saturated heterocycles. The molecule has 0 radical (unpaired) electrons. The molecule has 2 fully saturated rings. The number of rotatable bonds is 5. The predicted octanol–water partition coefficient (Wildman–Crippen LogP) is 3.38. The van der Waals surface area contributed by atoms with Gasteiger partial charge in [0.1, 0.15) is 11.9 Å². The van der Waals surface area contributed by atoms with Crippen molar-refractivity contribution >= 4 is 23.2 Å². The van der Waals surface area contributed by atoms with E-state index in [4.69, 9.17) is 22.1 Å². The van der Waals surface area contributed by atoms with Crippen LogP contribution in [-0.4, -0.2) is 42.1 Å². The van der Waals surface area contributed by atoms with Gasteiger partial charge in [-0.15, -0.1) is 0 Å². The smallest absolute Gasteiger partial charge is 0.255 e. The minimum atomic E-state index is -0.112. The summed E-state index contributed by atoms with van der Waals surface area (Å²) in [6.45, 7) is 5.17. The topological polar surface area (TPSA) is 67.6 Å². The number of halogens is 1. The van der Waals surface area contributed by atoms with Gasteiger partial charge in [-0.25, -0.2) is 0 Å². The van der Waals surface area contributed by atoms with E-state index in [9.17, 15) is 4.79 Å². The number of fused-ring (bicyclic) bond motifs is 2. The molecule has 1 amide bonds. The van der Waals surface area contributed by atoms with E-state index in [1.807, 2.05) is 0 Å². The van der Waals surface area contributed by atoms with Crippen molar-refractivity contribution in [3.63, 3.8) is 0 Å². The van der Waals surface area contributed by atoms with Crippen molar-refractivity contribution in [3.05, 3.63) is 22.2 Å². The Balaban J connectivity index is 1.46. The second-order valence-electron chi connectivity index (χ2n) is 7.90. The number of hydrogen-bond acceptors (Lipinski definition) is 4. The lowest BCUT2D eigenvalue weighted by Crippen LogP contribution is -2.41. The van der Waals surface area contributed by atoms with E-state index in [1.54, 1.807) is 6.07 Å². The number of carbonyl (C=O) groups excluding carboxylic acids is 1. The Morgan fingerprint density at radius 2 is 2.15 bits per heavy atom. The number of hydrogen-bond donors (Lipinski definition) is 2. The van der Waals surface area contributed by atoms with Gasteiger partial charge < -0.3 is 15.8 Å². The predicted molar refractivity (Wildman–Crippen MR) is 104 cm³/mol. The Bertz CT molecular complexity index is 711. The van der Waals surface area contributed by atoms with E-state index >= 15 is 0 Å². The summed E-state index contributed by atoms with van der Waals surface area (Å²) in [5, 5.41) is 3.53. The quantitative estimate of drug-likeness (QED) is 0.772. The summed E-state index contributed by atoms with van der Waals surface area (Å²) in [7, 11) is 0. The lowest BCUT2D eigenvalue weighted by atomic mass is 9.90. The number of carbonyl (C=O) groups is 1. The Morgan fingerprint density at radius 3 is 2.85 bits per heavy atom. The molecule has 3 heterocycles. The van der Waals surface area contributed by atoms with Crippen LogP contribution in [0.2, 0.25) is 5.02 Å². The number of ether oxygens (including phenoxy) is 1. The molecule has 3 aliphatic heterocycles. The molecule has 1 aromatic carbocycles. The SMILES string of the molecule is CCC1Cc2c(N)c(Cl)cc(C(=O)NCCC34CCCN3CCC4)c2O1. The molecule has 26 heavy (non-hydrogen) atoms.